The maximum Gasteiger partial charge on any atom is 0.183 e. The van der Waals surface area contributed by atoms with E-state index in [0.717, 1.165) is 24.4 Å². The van der Waals surface area contributed by atoms with Crippen LogP contribution in [0.3, 0.4) is 0 Å². The SMILES string of the molecule is C[Si](C)(C)OCCOC1=CCC=C1[Si](C)(C)C1=CCC=C1OCCO[Si](C)(C)C. The largest absolute Gasteiger partial charge is 0.492 e. The van der Waals surface area contributed by atoms with Crippen molar-refractivity contribution in [3.63, 3.8) is 0 Å². The highest BCUT2D eigenvalue weighted by molar-refractivity contribution is 6.92. The van der Waals surface area contributed by atoms with Crippen LogP contribution in [0.25, 0.3) is 0 Å². The normalized spacial score (nSPS) is 17.7. The van der Waals surface area contributed by atoms with Crippen molar-refractivity contribution < 1.29 is 18.3 Å². The number of allylic oxidation sites excluding steroid dienone is 6. The fourth-order valence-corrected chi connectivity index (χ4v) is 8.05. The van der Waals surface area contributed by atoms with Crippen molar-refractivity contribution in [1.29, 1.82) is 0 Å². The van der Waals surface area contributed by atoms with Crippen molar-refractivity contribution in [2.45, 2.75) is 65.2 Å². The van der Waals surface area contributed by atoms with Gasteiger partial charge in [0.1, 0.15) is 32.8 Å². The highest BCUT2D eigenvalue weighted by Crippen LogP contribution is 2.39. The van der Waals surface area contributed by atoms with Crippen LogP contribution < -0.4 is 0 Å². The van der Waals surface area contributed by atoms with Crippen LogP contribution in [0.4, 0.5) is 0 Å². The molecule has 0 radical (unpaired) electrons. The van der Waals surface area contributed by atoms with Crippen molar-refractivity contribution in [1.82, 2.24) is 0 Å². The monoisotopic (exact) mass is 452 g/mol. The predicted molar refractivity (Wildman–Crippen MR) is 130 cm³/mol. The van der Waals surface area contributed by atoms with E-state index in [1.54, 1.807) is 0 Å². The fraction of sp³-hybridized carbons (Fsp3) is 0.636. The highest BCUT2D eigenvalue weighted by Gasteiger charge is 2.38. The second-order valence-corrected chi connectivity index (χ2v) is 23.4. The van der Waals surface area contributed by atoms with Gasteiger partial charge < -0.3 is 18.3 Å². The molecule has 0 fully saturated rings. The Morgan fingerprint density at radius 2 is 0.966 bits per heavy atom. The lowest BCUT2D eigenvalue weighted by Crippen LogP contribution is -2.35. The summed E-state index contributed by atoms with van der Waals surface area (Å²) in [5.74, 6) is 2.10. The Hall–Kier alpha value is -0.869. The van der Waals surface area contributed by atoms with E-state index < -0.39 is 24.7 Å². The average molecular weight is 453 g/mol. The molecule has 0 N–H and O–H groups in total. The summed E-state index contributed by atoms with van der Waals surface area (Å²) in [6.07, 6.45) is 11.0. The lowest BCUT2D eigenvalue weighted by atomic mass is 10.5. The molecule has 0 atom stereocenters. The summed E-state index contributed by atoms with van der Waals surface area (Å²) in [6.45, 7) is 20.6. The van der Waals surface area contributed by atoms with Crippen LogP contribution >= 0.6 is 0 Å². The maximum atomic E-state index is 6.15. The van der Waals surface area contributed by atoms with Crippen molar-refractivity contribution in [3.05, 3.63) is 46.2 Å². The smallest absolute Gasteiger partial charge is 0.183 e. The summed E-state index contributed by atoms with van der Waals surface area (Å²) >= 11 is 0. The number of hydrogen-bond acceptors (Lipinski definition) is 4. The van der Waals surface area contributed by atoms with Gasteiger partial charge >= 0.3 is 0 Å². The van der Waals surface area contributed by atoms with Gasteiger partial charge in [0.2, 0.25) is 0 Å². The molecule has 0 aromatic heterocycles. The van der Waals surface area contributed by atoms with Gasteiger partial charge in [-0.05, 0) is 74.7 Å². The Morgan fingerprint density at radius 3 is 1.31 bits per heavy atom. The molecule has 0 bridgehead atoms. The highest BCUT2D eigenvalue weighted by atomic mass is 28.4. The van der Waals surface area contributed by atoms with Crippen LogP contribution in [0, 0.1) is 0 Å². The van der Waals surface area contributed by atoms with E-state index in [4.69, 9.17) is 18.3 Å². The minimum Gasteiger partial charge on any atom is -0.492 e. The number of hydrogen-bond donors (Lipinski definition) is 0. The predicted octanol–water partition coefficient (Wildman–Crippen LogP) is 5.94. The molecule has 7 heteroatoms. The number of ether oxygens (including phenoxy) is 2. The molecular weight excluding hydrogens is 412 g/mol. The van der Waals surface area contributed by atoms with Crippen LogP contribution in [-0.4, -0.2) is 51.1 Å². The van der Waals surface area contributed by atoms with E-state index in [1.165, 1.54) is 10.4 Å². The molecule has 0 amide bonds. The summed E-state index contributed by atoms with van der Waals surface area (Å²) in [7, 11) is -4.87. The third kappa shape index (κ3) is 7.71. The van der Waals surface area contributed by atoms with Gasteiger partial charge in [0.25, 0.3) is 0 Å². The fourth-order valence-electron chi connectivity index (χ4n) is 3.53. The van der Waals surface area contributed by atoms with Gasteiger partial charge in [-0.1, -0.05) is 25.2 Å². The first-order valence-corrected chi connectivity index (χ1v) is 20.6. The lowest BCUT2D eigenvalue weighted by molar-refractivity contribution is 0.158. The molecular formula is C22H40O4Si3. The van der Waals surface area contributed by atoms with Crippen molar-refractivity contribution in [2.24, 2.45) is 0 Å². The van der Waals surface area contributed by atoms with E-state index in [0.29, 0.717) is 26.4 Å². The topological polar surface area (TPSA) is 36.9 Å². The number of rotatable bonds is 12. The van der Waals surface area contributed by atoms with E-state index >= 15 is 0 Å². The minimum atomic E-state index is -1.89. The first-order valence-electron chi connectivity index (χ1n) is 10.8. The Morgan fingerprint density at radius 1 is 0.586 bits per heavy atom. The van der Waals surface area contributed by atoms with Crippen LogP contribution in [0.5, 0.6) is 0 Å². The molecule has 0 spiro atoms. The van der Waals surface area contributed by atoms with Gasteiger partial charge in [-0.15, -0.1) is 0 Å². The second kappa shape index (κ2) is 9.96. The summed E-state index contributed by atoms with van der Waals surface area (Å²) in [5.41, 5.74) is 0. The van der Waals surface area contributed by atoms with Gasteiger partial charge in [-0.3, -0.25) is 0 Å². The zero-order valence-electron chi connectivity index (χ0n) is 19.7. The van der Waals surface area contributed by atoms with Crippen LogP contribution in [-0.2, 0) is 18.3 Å². The standard InChI is InChI=1S/C22H40O4Si3/c1-27(2,3)25-17-15-23-19-11-9-13-21(19)29(7,8)22-14-10-12-20(22)24-16-18-26-28(4,5)6/h11-14H,9-10,15-18H2,1-8H3. The summed E-state index contributed by atoms with van der Waals surface area (Å²) in [6, 6.07) is 0. The summed E-state index contributed by atoms with van der Waals surface area (Å²) < 4.78 is 24.2. The summed E-state index contributed by atoms with van der Waals surface area (Å²) in [4.78, 5) is 0. The second-order valence-electron chi connectivity index (χ2n) is 10.1. The molecule has 2 rings (SSSR count). The molecule has 4 nitrogen and oxygen atoms in total. The van der Waals surface area contributed by atoms with Crippen LogP contribution in [0.15, 0.2) is 46.2 Å². The van der Waals surface area contributed by atoms with Gasteiger partial charge in [0.05, 0.1) is 13.2 Å². The average Bonchev–Trinajstić information content (AvgIpc) is 3.23. The molecule has 0 aromatic rings. The molecule has 2 aliphatic rings. The van der Waals surface area contributed by atoms with Gasteiger partial charge in [0, 0.05) is 0 Å². The Labute approximate surface area is 180 Å². The molecule has 29 heavy (non-hydrogen) atoms. The van der Waals surface area contributed by atoms with Gasteiger partial charge in [-0.2, -0.15) is 0 Å². The zero-order chi connectivity index (χ0) is 21.7. The molecule has 164 valence electrons. The van der Waals surface area contributed by atoms with E-state index in [2.05, 4.69) is 76.7 Å². The maximum absolute atomic E-state index is 6.15. The Balaban J connectivity index is 1.93. The molecule has 0 aliphatic heterocycles. The van der Waals surface area contributed by atoms with Crippen molar-refractivity contribution >= 4 is 24.7 Å². The Bertz CT molecular complexity index is 634. The van der Waals surface area contributed by atoms with E-state index in [-0.39, 0.29) is 0 Å². The van der Waals surface area contributed by atoms with Crippen LogP contribution in [0.1, 0.15) is 12.8 Å². The third-order valence-corrected chi connectivity index (χ3v) is 10.6. The van der Waals surface area contributed by atoms with Gasteiger partial charge in [0.15, 0.2) is 16.6 Å². The van der Waals surface area contributed by atoms with E-state index in [1.807, 2.05) is 0 Å². The first-order chi connectivity index (χ1) is 13.4. The first kappa shape index (κ1) is 24.4. The lowest BCUT2D eigenvalue weighted by Gasteiger charge is -2.30. The molecule has 0 unspecified atom stereocenters. The molecule has 2 aliphatic carbocycles. The minimum absolute atomic E-state index is 0.615. The van der Waals surface area contributed by atoms with Crippen LogP contribution in [0.2, 0.25) is 52.4 Å². The van der Waals surface area contributed by atoms with E-state index in [9.17, 15) is 0 Å². The summed E-state index contributed by atoms with van der Waals surface area (Å²) in [5, 5.41) is 2.76. The van der Waals surface area contributed by atoms with Crippen molar-refractivity contribution in [2.75, 3.05) is 26.4 Å². The Kier molecular flexibility index (Phi) is 8.38. The zero-order valence-corrected chi connectivity index (χ0v) is 22.7. The quantitative estimate of drug-likeness (QED) is 0.271. The van der Waals surface area contributed by atoms with Crippen molar-refractivity contribution in [3.8, 4) is 0 Å². The molecule has 0 saturated carbocycles. The molecule has 0 heterocycles. The third-order valence-electron chi connectivity index (χ3n) is 4.88. The van der Waals surface area contributed by atoms with Gasteiger partial charge in [-0.25, -0.2) is 0 Å². The molecule has 0 saturated heterocycles. The molecule has 0 aromatic carbocycles.